The third-order valence-corrected chi connectivity index (χ3v) is 2.61. The molecule has 0 aromatic heterocycles. The first-order valence-electron chi connectivity index (χ1n) is 4.57. The van der Waals surface area contributed by atoms with Gasteiger partial charge in [0.2, 0.25) is 0 Å². The van der Waals surface area contributed by atoms with Crippen LogP contribution in [0.5, 0.6) is 0 Å². The van der Waals surface area contributed by atoms with Gasteiger partial charge >= 0.3 is 5.97 Å². The predicted molar refractivity (Wildman–Crippen MR) is 53.1 cm³/mol. The van der Waals surface area contributed by atoms with Crippen LogP contribution in [0, 0.1) is 0 Å². The first kappa shape index (κ1) is 10.7. The van der Waals surface area contributed by atoms with Crippen molar-refractivity contribution in [3.8, 4) is 0 Å². The maximum absolute atomic E-state index is 11.1. The summed E-state index contributed by atoms with van der Waals surface area (Å²) in [5, 5.41) is 18.3. The van der Waals surface area contributed by atoms with Crippen molar-refractivity contribution in [2.75, 3.05) is 6.61 Å². The number of carboxylic acids is 1. The van der Waals surface area contributed by atoms with Crippen LogP contribution in [0.4, 0.5) is 0 Å². The number of hydrogen-bond donors (Lipinski definition) is 2. The van der Waals surface area contributed by atoms with Crippen molar-refractivity contribution in [1.82, 2.24) is 0 Å². The average molecular weight is 194 g/mol. The second-order valence-corrected chi connectivity index (χ2v) is 3.26. The van der Waals surface area contributed by atoms with Gasteiger partial charge in [-0.2, -0.15) is 0 Å². The van der Waals surface area contributed by atoms with Crippen molar-refractivity contribution >= 4 is 5.97 Å². The van der Waals surface area contributed by atoms with Crippen molar-refractivity contribution in [3.63, 3.8) is 0 Å². The van der Waals surface area contributed by atoms with Gasteiger partial charge in [-0.3, -0.25) is 4.79 Å². The fourth-order valence-electron chi connectivity index (χ4n) is 1.51. The fraction of sp³-hybridized carbons (Fsp3) is 0.364. The first-order valence-corrected chi connectivity index (χ1v) is 4.57. The minimum absolute atomic E-state index is 0.372. The van der Waals surface area contributed by atoms with E-state index in [0.29, 0.717) is 12.0 Å². The SMILES string of the molecule is CC[C@](CO)(C(=O)O)c1ccccc1. The van der Waals surface area contributed by atoms with E-state index in [-0.39, 0.29) is 6.61 Å². The lowest BCUT2D eigenvalue weighted by Gasteiger charge is -2.25. The van der Waals surface area contributed by atoms with E-state index in [1.807, 2.05) is 6.07 Å². The van der Waals surface area contributed by atoms with Gasteiger partial charge in [0.15, 0.2) is 0 Å². The Kier molecular flexibility index (Phi) is 3.25. The number of aliphatic hydroxyl groups is 1. The molecule has 0 heterocycles. The summed E-state index contributed by atoms with van der Waals surface area (Å²) in [6.07, 6.45) is 0.378. The lowest BCUT2D eigenvalue weighted by Crippen LogP contribution is -2.38. The van der Waals surface area contributed by atoms with Gasteiger partial charge in [-0.15, -0.1) is 0 Å². The largest absolute Gasteiger partial charge is 0.481 e. The minimum Gasteiger partial charge on any atom is -0.481 e. The summed E-state index contributed by atoms with van der Waals surface area (Å²) in [6, 6.07) is 8.83. The first-order chi connectivity index (χ1) is 6.67. The standard InChI is InChI=1S/C11H14O3/c1-2-11(8-12,10(13)14)9-6-4-3-5-7-9/h3-7,12H,2,8H2,1H3,(H,13,14)/t11-/m1/s1. The molecular formula is C11H14O3. The monoisotopic (exact) mass is 194 g/mol. The number of carbonyl (C=O) groups is 1. The van der Waals surface area contributed by atoms with E-state index < -0.39 is 11.4 Å². The van der Waals surface area contributed by atoms with Crippen molar-refractivity contribution in [2.45, 2.75) is 18.8 Å². The van der Waals surface area contributed by atoms with E-state index in [1.54, 1.807) is 31.2 Å². The predicted octanol–water partition coefficient (Wildman–Crippen LogP) is 1.41. The van der Waals surface area contributed by atoms with Crippen LogP contribution in [0.2, 0.25) is 0 Å². The van der Waals surface area contributed by atoms with Crippen LogP contribution in [0.3, 0.4) is 0 Å². The van der Waals surface area contributed by atoms with E-state index in [0.717, 1.165) is 0 Å². The van der Waals surface area contributed by atoms with Gasteiger partial charge in [0.25, 0.3) is 0 Å². The van der Waals surface area contributed by atoms with E-state index in [1.165, 1.54) is 0 Å². The molecule has 1 rings (SSSR count). The zero-order valence-electron chi connectivity index (χ0n) is 8.10. The highest BCUT2D eigenvalue weighted by molar-refractivity contribution is 5.81. The van der Waals surface area contributed by atoms with Crippen molar-refractivity contribution in [1.29, 1.82) is 0 Å². The second-order valence-electron chi connectivity index (χ2n) is 3.26. The molecule has 2 N–H and O–H groups in total. The van der Waals surface area contributed by atoms with E-state index in [4.69, 9.17) is 5.11 Å². The van der Waals surface area contributed by atoms with Gasteiger partial charge in [0.1, 0.15) is 5.41 Å². The van der Waals surface area contributed by atoms with E-state index in [2.05, 4.69) is 0 Å². The maximum atomic E-state index is 11.1. The second kappa shape index (κ2) is 4.24. The van der Waals surface area contributed by atoms with Gasteiger partial charge < -0.3 is 10.2 Å². The molecule has 0 amide bonds. The third kappa shape index (κ3) is 1.63. The van der Waals surface area contributed by atoms with Crippen LogP contribution in [-0.2, 0) is 10.2 Å². The van der Waals surface area contributed by atoms with Gasteiger partial charge in [-0.05, 0) is 12.0 Å². The molecule has 0 saturated carbocycles. The molecule has 0 spiro atoms. The Morgan fingerprint density at radius 3 is 2.29 bits per heavy atom. The molecule has 3 heteroatoms. The molecule has 1 aromatic carbocycles. The molecule has 0 unspecified atom stereocenters. The summed E-state index contributed by atoms with van der Waals surface area (Å²) < 4.78 is 0. The highest BCUT2D eigenvalue weighted by Crippen LogP contribution is 2.27. The molecule has 0 aliphatic carbocycles. The zero-order valence-corrected chi connectivity index (χ0v) is 8.10. The molecular weight excluding hydrogens is 180 g/mol. The van der Waals surface area contributed by atoms with Gasteiger partial charge in [-0.25, -0.2) is 0 Å². The summed E-state index contributed by atoms with van der Waals surface area (Å²) in [5.41, 5.74) is -0.501. The molecule has 0 radical (unpaired) electrons. The number of rotatable bonds is 4. The van der Waals surface area contributed by atoms with Crippen LogP contribution < -0.4 is 0 Å². The number of aliphatic carboxylic acids is 1. The Morgan fingerprint density at radius 1 is 1.36 bits per heavy atom. The fourth-order valence-corrected chi connectivity index (χ4v) is 1.51. The average Bonchev–Trinajstić information content (AvgIpc) is 2.22. The zero-order chi connectivity index (χ0) is 10.6. The highest BCUT2D eigenvalue weighted by Gasteiger charge is 2.37. The third-order valence-electron chi connectivity index (χ3n) is 2.61. The lowest BCUT2D eigenvalue weighted by molar-refractivity contribution is -0.145. The molecule has 76 valence electrons. The maximum Gasteiger partial charge on any atom is 0.316 e. The van der Waals surface area contributed by atoms with Crippen molar-refractivity contribution < 1.29 is 15.0 Å². The number of benzene rings is 1. The quantitative estimate of drug-likeness (QED) is 0.762. The normalized spacial score (nSPS) is 14.7. The Bertz CT molecular complexity index is 302. The van der Waals surface area contributed by atoms with E-state index in [9.17, 15) is 9.90 Å². The summed E-state index contributed by atoms with van der Waals surface area (Å²) in [7, 11) is 0. The minimum atomic E-state index is -1.15. The molecule has 3 nitrogen and oxygen atoms in total. The summed E-state index contributed by atoms with van der Waals surface area (Å²) >= 11 is 0. The number of aliphatic hydroxyl groups excluding tert-OH is 1. The van der Waals surface area contributed by atoms with Crippen LogP contribution in [0.15, 0.2) is 30.3 Å². The lowest BCUT2D eigenvalue weighted by atomic mass is 9.79. The van der Waals surface area contributed by atoms with Crippen LogP contribution in [-0.4, -0.2) is 22.8 Å². The summed E-state index contributed by atoms with van der Waals surface area (Å²) in [6.45, 7) is 1.39. The van der Waals surface area contributed by atoms with Crippen LogP contribution in [0.1, 0.15) is 18.9 Å². The Hall–Kier alpha value is -1.35. The molecule has 0 fully saturated rings. The molecule has 0 bridgehead atoms. The van der Waals surface area contributed by atoms with Crippen molar-refractivity contribution in [3.05, 3.63) is 35.9 Å². The molecule has 14 heavy (non-hydrogen) atoms. The van der Waals surface area contributed by atoms with Crippen LogP contribution in [0.25, 0.3) is 0 Å². The highest BCUT2D eigenvalue weighted by atomic mass is 16.4. The Balaban J connectivity index is 3.18. The smallest absolute Gasteiger partial charge is 0.316 e. The number of carboxylic acid groups (broad SMARTS) is 1. The molecule has 0 aliphatic heterocycles. The number of hydrogen-bond acceptors (Lipinski definition) is 2. The molecule has 1 atom stereocenters. The molecule has 0 saturated heterocycles. The Labute approximate surface area is 83.0 Å². The Morgan fingerprint density at radius 2 is 1.93 bits per heavy atom. The van der Waals surface area contributed by atoms with Gasteiger partial charge in [0, 0.05) is 0 Å². The van der Waals surface area contributed by atoms with Gasteiger partial charge in [0.05, 0.1) is 6.61 Å². The van der Waals surface area contributed by atoms with Crippen LogP contribution >= 0.6 is 0 Å². The summed E-state index contributed by atoms with van der Waals surface area (Å²) in [4.78, 5) is 11.1. The topological polar surface area (TPSA) is 57.5 Å². The molecule has 1 aromatic rings. The molecule has 0 aliphatic rings. The van der Waals surface area contributed by atoms with Crippen molar-refractivity contribution in [2.24, 2.45) is 0 Å². The summed E-state index contributed by atoms with van der Waals surface area (Å²) in [5.74, 6) is -0.978. The van der Waals surface area contributed by atoms with Gasteiger partial charge in [-0.1, -0.05) is 37.3 Å². The van der Waals surface area contributed by atoms with E-state index >= 15 is 0 Å².